The zero-order valence-electron chi connectivity index (χ0n) is 15.4. The van der Waals surface area contributed by atoms with Gasteiger partial charge >= 0.3 is 6.18 Å². The molecule has 11 heteroatoms. The molecule has 31 heavy (non-hydrogen) atoms. The first-order valence-electron chi connectivity index (χ1n) is 8.84. The Balaban J connectivity index is 1.74. The molecule has 0 aliphatic heterocycles. The van der Waals surface area contributed by atoms with Crippen molar-refractivity contribution in [2.24, 2.45) is 5.92 Å². The maximum Gasteiger partial charge on any atom is 0.389 e. The number of hydrogen-bond acceptors (Lipinski definition) is 2. The molecule has 2 aromatic rings. The molecule has 2 atom stereocenters. The van der Waals surface area contributed by atoms with E-state index in [1.807, 2.05) is 0 Å². The lowest BCUT2D eigenvalue weighted by molar-refractivity contribution is -0.133. The summed E-state index contributed by atoms with van der Waals surface area (Å²) in [6.07, 6.45) is -6.61. The van der Waals surface area contributed by atoms with Crippen LogP contribution in [-0.2, 0) is 4.79 Å². The molecule has 3 nitrogen and oxygen atoms in total. The molecule has 1 saturated carbocycles. The number of anilines is 1. The Hall–Kier alpha value is -1.90. The largest absolute Gasteiger partial charge is 0.389 e. The number of carbonyl (C=O) groups excluding carboxylic acids is 2. The van der Waals surface area contributed by atoms with Gasteiger partial charge in [-0.1, -0.05) is 17.7 Å². The highest BCUT2D eigenvalue weighted by Crippen LogP contribution is 2.65. The minimum atomic E-state index is -4.50. The van der Waals surface area contributed by atoms with Crippen LogP contribution in [-0.4, -0.2) is 22.2 Å². The van der Waals surface area contributed by atoms with Crippen molar-refractivity contribution in [3.63, 3.8) is 0 Å². The number of ketones is 1. The summed E-state index contributed by atoms with van der Waals surface area (Å²) in [6, 6.07) is 6.80. The van der Waals surface area contributed by atoms with E-state index in [4.69, 9.17) is 34.8 Å². The molecule has 1 amide bonds. The van der Waals surface area contributed by atoms with E-state index in [9.17, 15) is 31.5 Å². The summed E-state index contributed by atoms with van der Waals surface area (Å²) in [6.45, 7) is 0. The van der Waals surface area contributed by atoms with Gasteiger partial charge in [0.15, 0.2) is 17.4 Å². The van der Waals surface area contributed by atoms with Crippen LogP contribution in [0.1, 0.15) is 34.7 Å². The van der Waals surface area contributed by atoms with Crippen LogP contribution in [0.2, 0.25) is 5.02 Å². The number of halogens is 8. The first-order valence-corrected chi connectivity index (χ1v) is 9.98. The van der Waals surface area contributed by atoms with Crippen molar-refractivity contribution < 1.29 is 31.5 Å². The molecule has 0 bridgehead atoms. The van der Waals surface area contributed by atoms with Crippen LogP contribution in [0.4, 0.5) is 27.6 Å². The fraction of sp³-hybridized carbons (Fsp3) is 0.300. The number of carbonyl (C=O) groups is 2. The van der Waals surface area contributed by atoms with Gasteiger partial charge in [-0.15, -0.1) is 23.2 Å². The Morgan fingerprint density at radius 1 is 1.03 bits per heavy atom. The Morgan fingerprint density at radius 2 is 1.71 bits per heavy atom. The van der Waals surface area contributed by atoms with Gasteiger partial charge in [0, 0.05) is 23.6 Å². The topological polar surface area (TPSA) is 46.2 Å². The third-order valence-electron chi connectivity index (χ3n) is 4.81. The van der Waals surface area contributed by atoms with Crippen LogP contribution >= 0.6 is 34.8 Å². The van der Waals surface area contributed by atoms with Gasteiger partial charge in [-0.25, -0.2) is 8.78 Å². The predicted molar refractivity (Wildman–Crippen MR) is 107 cm³/mol. The SMILES string of the molecule is O=C(CCC(F)(F)F)c1cc(NC(=O)[C@@H]2C(c3ccc(F)c(F)c3)C2(Cl)Cl)ccc1Cl. The van der Waals surface area contributed by atoms with Crippen LogP contribution in [0, 0.1) is 17.6 Å². The average Bonchev–Trinajstić information content (AvgIpc) is 3.25. The third kappa shape index (κ3) is 5.30. The van der Waals surface area contributed by atoms with Crippen LogP contribution < -0.4 is 5.32 Å². The van der Waals surface area contributed by atoms with Gasteiger partial charge in [0.1, 0.15) is 4.33 Å². The standard InChI is InChI=1S/C20H13Cl3F5NO2/c21-12-3-2-10(8-11(12)15(30)5-6-19(26,27)28)29-18(31)17-16(20(17,22)23)9-1-4-13(24)14(25)7-9/h1-4,7-8,16-17H,5-6H2,(H,29,31)/t16?,17-/m0/s1. The van der Waals surface area contributed by atoms with E-state index in [0.29, 0.717) is 0 Å². The number of alkyl halides is 5. The molecule has 1 aliphatic rings. The van der Waals surface area contributed by atoms with Crippen molar-refractivity contribution in [2.75, 3.05) is 5.32 Å². The first kappa shape index (κ1) is 23.8. The van der Waals surface area contributed by atoms with E-state index >= 15 is 0 Å². The molecular formula is C20H13Cl3F5NO2. The molecular weight excluding hydrogens is 488 g/mol. The van der Waals surface area contributed by atoms with Crippen molar-refractivity contribution in [2.45, 2.75) is 29.3 Å². The molecule has 1 unspecified atom stereocenters. The van der Waals surface area contributed by atoms with Gasteiger partial charge in [-0.2, -0.15) is 13.2 Å². The van der Waals surface area contributed by atoms with Crippen molar-refractivity contribution in [1.82, 2.24) is 0 Å². The van der Waals surface area contributed by atoms with Gasteiger partial charge in [0.05, 0.1) is 17.4 Å². The fourth-order valence-corrected chi connectivity index (χ4v) is 4.25. The van der Waals surface area contributed by atoms with Gasteiger partial charge in [0.25, 0.3) is 0 Å². The molecule has 0 spiro atoms. The highest BCUT2D eigenvalue weighted by molar-refractivity contribution is 6.53. The van der Waals surface area contributed by atoms with Crippen LogP contribution in [0.3, 0.4) is 0 Å². The average molecular weight is 501 g/mol. The van der Waals surface area contributed by atoms with E-state index in [-0.39, 0.29) is 21.8 Å². The lowest BCUT2D eigenvalue weighted by Gasteiger charge is -2.10. The molecule has 1 aliphatic carbocycles. The maximum absolute atomic E-state index is 13.5. The molecule has 0 saturated heterocycles. The van der Waals surface area contributed by atoms with Crippen molar-refractivity contribution in [1.29, 1.82) is 0 Å². The molecule has 166 valence electrons. The summed E-state index contributed by atoms with van der Waals surface area (Å²) in [5.74, 6) is -5.52. The van der Waals surface area contributed by atoms with Crippen molar-refractivity contribution >= 4 is 52.2 Å². The van der Waals surface area contributed by atoms with E-state index in [1.165, 1.54) is 18.2 Å². The monoisotopic (exact) mass is 499 g/mol. The summed E-state index contributed by atoms with van der Waals surface area (Å²) < 4.78 is 62.2. The van der Waals surface area contributed by atoms with Gasteiger partial charge in [-0.05, 0) is 35.9 Å². The smallest absolute Gasteiger partial charge is 0.326 e. The quantitative estimate of drug-likeness (QED) is 0.274. The van der Waals surface area contributed by atoms with Crippen molar-refractivity contribution in [3.05, 3.63) is 64.2 Å². The van der Waals surface area contributed by atoms with E-state index in [1.54, 1.807) is 0 Å². The summed E-state index contributed by atoms with van der Waals surface area (Å²) in [7, 11) is 0. The van der Waals surface area contributed by atoms with E-state index < -0.39 is 58.5 Å². The first-order chi connectivity index (χ1) is 14.3. The van der Waals surface area contributed by atoms with E-state index in [0.717, 1.165) is 18.2 Å². The van der Waals surface area contributed by atoms with E-state index in [2.05, 4.69) is 5.32 Å². The molecule has 3 rings (SSSR count). The normalized spacial score (nSPS) is 19.7. The molecule has 1 fully saturated rings. The minimum Gasteiger partial charge on any atom is -0.326 e. The second-order valence-corrected chi connectivity index (χ2v) is 8.88. The number of amides is 1. The van der Waals surface area contributed by atoms with Gasteiger partial charge in [0.2, 0.25) is 5.91 Å². The van der Waals surface area contributed by atoms with Gasteiger partial charge in [-0.3, -0.25) is 9.59 Å². The second-order valence-electron chi connectivity index (χ2n) is 7.03. The summed E-state index contributed by atoms with van der Waals surface area (Å²) >= 11 is 18.2. The molecule has 1 N–H and O–H groups in total. The Labute approximate surface area is 188 Å². The van der Waals surface area contributed by atoms with Crippen LogP contribution in [0.5, 0.6) is 0 Å². The Bertz CT molecular complexity index is 1040. The molecule has 0 heterocycles. The number of Topliss-reactive ketones (excluding diaryl/α,β-unsaturated/α-hetero) is 1. The maximum atomic E-state index is 13.5. The summed E-state index contributed by atoms with van der Waals surface area (Å²) in [5, 5.41) is 2.40. The van der Waals surface area contributed by atoms with Crippen LogP contribution in [0.25, 0.3) is 0 Å². The number of benzene rings is 2. The lowest BCUT2D eigenvalue weighted by atomic mass is 10.1. The predicted octanol–water partition coefficient (Wildman–Crippen LogP) is 6.67. The number of hydrogen-bond donors (Lipinski definition) is 1. The highest BCUT2D eigenvalue weighted by atomic mass is 35.5. The van der Waals surface area contributed by atoms with Crippen LogP contribution in [0.15, 0.2) is 36.4 Å². The Morgan fingerprint density at radius 3 is 2.32 bits per heavy atom. The zero-order chi connectivity index (χ0) is 23.1. The second kappa shape index (κ2) is 8.56. The zero-order valence-corrected chi connectivity index (χ0v) is 17.6. The highest BCUT2D eigenvalue weighted by Gasteiger charge is 2.67. The summed E-state index contributed by atoms with van der Waals surface area (Å²) in [4.78, 5) is 24.7. The Kier molecular flexibility index (Phi) is 6.56. The molecule has 0 radical (unpaired) electrons. The lowest BCUT2D eigenvalue weighted by Crippen LogP contribution is -2.17. The number of nitrogens with one attached hydrogen (secondary N) is 1. The van der Waals surface area contributed by atoms with Crippen molar-refractivity contribution in [3.8, 4) is 0 Å². The fourth-order valence-electron chi connectivity index (χ4n) is 3.20. The minimum absolute atomic E-state index is 0.0692. The molecule has 2 aromatic carbocycles. The summed E-state index contributed by atoms with van der Waals surface area (Å²) in [5.41, 5.74) is 0.132. The third-order valence-corrected chi connectivity index (χ3v) is 6.08. The molecule has 0 aromatic heterocycles. The van der Waals surface area contributed by atoms with Gasteiger partial charge < -0.3 is 5.32 Å². The number of rotatable bonds is 6.